The summed E-state index contributed by atoms with van der Waals surface area (Å²) < 4.78 is 0. The van der Waals surface area contributed by atoms with Gasteiger partial charge in [-0.3, -0.25) is 4.79 Å². The molecular weight excluding hydrogens is 176 g/mol. The predicted octanol–water partition coefficient (Wildman–Crippen LogP) is 3.10. The molecule has 0 spiro atoms. The van der Waals surface area contributed by atoms with Crippen molar-refractivity contribution in [2.24, 2.45) is 0 Å². The van der Waals surface area contributed by atoms with Crippen LogP contribution in [0.3, 0.4) is 0 Å². The van der Waals surface area contributed by atoms with Crippen LogP contribution < -0.4 is 0 Å². The van der Waals surface area contributed by atoms with E-state index >= 15 is 0 Å². The van der Waals surface area contributed by atoms with Gasteiger partial charge in [-0.25, -0.2) is 0 Å². The lowest BCUT2D eigenvalue weighted by Gasteiger charge is -2.20. The summed E-state index contributed by atoms with van der Waals surface area (Å²) in [4.78, 5) is 11.7. The number of carbonyl (C=O) groups is 1. The monoisotopic (exact) mass is 194 g/mol. The molecule has 0 N–H and O–H groups in total. The van der Waals surface area contributed by atoms with Crippen molar-refractivity contribution >= 4 is 13.9 Å². The molecule has 0 unspecified atom stereocenters. The summed E-state index contributed by atoms with van der Waals surface area (Å²) in [6.07, 6.45) is 0. The van der Waals surface area contributed by atoms with E-state index in [4.69, 9.17) is 0 Å². The summed E-state index contributed by atoms with van der Waals surface area (Å²) in [7, 11) is -1.33. The topological polar surface area (TPSA) is 17.1 Å². The van der Waals surface area contributed by atoms with Gasteiger partial charge in [-0.2, -0.15) is 0 Å². The Bertz CT molecular complexity index is 326. The van der Waals surface area contributed by atoms with Gasteiger partial charge in [0.25, 0.3) is 0 Å². The van der Waals surface area contributed by atoms with E-state index in [9.17, 15) is 4.79 Å². The van der Waals surface area contributed by atoms with Gasteiger partial charge >= 0.3 is 0 Å². The van der Waals surface area contributed by atoms with Crippen molar-refractivity contribution in [2.75, 3.05) is 0 Å². The van der Waals surface area contributed by atoms with Crippen LogP contribution in [0.2, 0.25) is 19.6 Å². The number of ketones is 1. The molecule has 0 aliphatic heterocycles. The van der Waals surface area contributed by atoms with E-state index < -0.39 is 8.07 Å². The van der Waals surface area contributed by atoms with Crippen LogP contribution in [0.25, 0.3) is 0 Å². The SMILES string of the molecule is CC1=C(C)C([Si](C)(C)C)=C(C)C1=O. The van der Waals surface area contributed by atoms with Crippen molar-refractivity contribution in [1.82, 2.24) is 0 Å². The molecule has 1 aliphatic rings. The Kier molecular flexibility index (Phi) is 2.37. The zero-order chi connectivity index (χ0) is 10.4. The lowest BCUT2D eigenvalue weighted by Crippen LogP contribution is -2.25. The van der Waals surface area contributed by atoms with Crippen molar-refractivity contribution in [2.45, 2.75) is 40.4 Å². The highest BCUT2D eigenvalue weighted by Crippen LogP contribution is 2.34. The first-order valence-electron chi connectivity index (χ1n) is 4.70. The summed E-state index contributed by atoms with van der Waals surface area (Å²) in [6.45, 7) is 12.9. The summed E-state index contributed by atoms with van der Waals surface area (Å²) in [5.41, 5.74) is 3.19. The Morgan fingerprint density at radius 3 is 1.46 bits per heavy atom. The third-order valence-electron chi connectivity index (χ3n) is 2.74. The van der Waals surface area contributed by atoms with Crippen molar-refractivity contribution in [1.29, 1.82) is 0 Å². The van der Waals surface area contributed by atoms with Gasteiger partial charge < -0.3 is 0 Å². The maximum Gasteiger partial charge on any atom is 0.184 e. The van der Waals surface area contributed by atoms with E-state index in [0.29, 0.717) is 0 Å². The van der Waals surface area contributed by atoms with Crippen molar-refractivity contribution < 1.29 is 4.79 Å². The highest BCUT2D eigenvalue weighted by Gasteiger charge is 2.32. The molecule has 0 saturated carbocycles. The van der Waals surface area contributed by atoms with Crippen LogP contribution in [0.15, 0.2) is 21.9 Å². The molecule has 0 amide bonds. The van der Waals surface area contributed by atoms with Crippen LogP contribution in [-0.2, 0) is 4.79 Å². The zero-order valence-corrected chi connectivity index (χ0v) is 10.4. The van der Waals surface area contributed by atoms with Gasteiger partial charge in [-0.15, -0.1) is 0 Å². The molecule has 0 fully saturated rings. The maximum absolute atomic E-state index is 11.7. The van der Waals surface area contributed by atoms with Gasteiger partial charge in [0, 0.05) is 0 Å². The highest BCUT2D eigenvalue weighted by molar-refractivity contribution is 6.84. The summed E-state index contributed by atoms with van der Waals surface area (Å²) in [6, 6.07) is 0. The number of hydrogen-bond donors (Lipinski definition) is 0. The number of hydrogen-bond acceptors (Lipinski definition) is 1. The fraction of sp³-hybridized carbons (Fsp3) is 0.545. The van der Waals surface area contributed by atoms with Gasteiger partial charge in [0.05, 0.1) is 8.07 Å². The first-order valence-corrected chi connectivity index (χ1v) is 8.20. The summed E-state index contributed by atoms with van der Waals surface area (Å²) >= 11 is 0. The summed E-state index contributed by atoms with van der Waals surface area (Å²) in [5.74, 6) is 0.259. The number of carbonyl (C=O) groups excluding carboxylic acids is 1. The molecule has 0 heterocycles. The molecule has 0 radical (unpaired) electrons. The predicted molar refractivity (Wildman–Crippen MR) is 59.4 cm³/mol. The molecule has 1 nitrogen and oxygen atoms in total. The Morgan fingerprint density at radius 1 is 0.846 bits per heavy atom. The second-order valence-electron chi connectivity index (χ2n) is 4.83. The van der Waals surface area contributed by atoms with Crippen LogP contribution >= 0.6 is 0 Å². The molecular formula is C11H18OSi. The van der Waals surface area contributed by atoms with Crippen LogP contribution in [0.4, 0.5) is 0 Å². The molecule has 0 bridgehead atoms. The van der Waals surface area contributed by atoms with E-state index in [-0.39, 0.29) is 5.78 Å². The van der Waals surface area contributed by atoms with Crippen molar-refractivity contribution in [3.05, 3.63) is 21.9 Å². The molecule has 72 valence electrons. The maximum atomic E-state index is 11.7. The minimum atomic E-state index is -1.33. The molecule has 2 heteroatoms. The third-order valence-corrected chi connectivity index (χ3v) is 4.99. The largest absolute Gasteiger partial charge is 0.289 e. The molecule has 1 rings (SSSR count). The van der Waals surface area contributed by atoms with Gasteiger partial charge in [-0.1, -0.05) is 24.8 Å². The second kappa shape index (κ2) is 2.95. The highest BCUT2D eigenvalue weighted by atomic mass is 28.3. The van der Waals surface area contributed by atoms with Crippen LogP contribution in [0.5, 0.6) is 0 Å². The average molecular weight is 194 g/mol. The minimum absolute atomic E-state index is 0.259. The Hall–Kier alpha value is -0.633. The van der Waals surface area contributed by atoms with E-state index in [0.717, 1.165) is 11.1 Å². The molecule has 0 aromatic rings. The third kappa shape index (κ3) is 1.55. The standard InChI is InChI=1S/C11H18OSi/c1-7-8(2)11(13(4,5)6)9(3)10(7)12/h1-6H3. The Balaban J connectivity index is 3.32. The Labute approximate surface area is 81.5 Å². The van der Waals surface area contributed by atoms with Crippen LogP contribution in [0.1, 0.15) is 20.8 Å². The van der Waals surface area contributed by atoms with Gasteiger partial charge in [0.1, 0.15) is 0 Å². The number of Topliss-reactive ketones (excluding diaryl/α,β-unsaturated/α-hetero) is 1. The molecule has 13 heavy (non-hydrogen) atoms. The van der Waals surface area contributed by atoms with Gasteiger partial charge in [0.15, 0.2) is 5.78 Å². The molecule has 0 atom stereocenters. The number of allylic oxidation sites excluding steroid dienone is 4. The lowest BCUT2D eigenvalue weighted by molar-refractivity contribution is -0.112. The summed E-state index contributed by atoms with van der Waals surface area (Å²) in [5, 5.41) is 1.37. The molecule has 1 aliphatic carbocycles. The molecule has 0 aromatic carbocycles. The minimum Gasteiger partial charge on any atom is -0.289 e. The lowest BCUT2D eigenvalue weighted by atomic mass is 10.1. The molecule has 0 saturated heterocycles. The van der Waals surface area contributed by atoms with Crippen LogP contribution in [-0.4, -0.2) is 13.9 Å². The van der Waals surface area contributed by atoms with E-state index in [1.54, 1.807) is 0 Å². The van der Waals surface area contributed by atoms with E-state index in [1.807, 2.05) is 13.8 Å². The zero-order valence-electron chi connectivity index (χ0n) is 9.41. The van der Waals surface area contributed by atoms with Crippen LogP contribution in [0, 0.1) is 0 Å². The van der Waals surface area contributed by atoms with E-state index in [1.165, 1.54) is 10.8 Å². The van der Waals surface area contributed by atoms with Gasteiger partial charge in [-0.05, 0) is 37.5 Å². The van der Waals surface area contributed by atoms with Crippen molar-refractivity contribution in [3.63, 3.8) is 0 Å². The number of rotatable bonds is 1. The second-order valence-corrected chi connectivity index (χ2v) is 9.83. The fourth-order valence-corrected chi connectivity index (χ4v) is 4.71. The smallest absolute Gasteiger partial charge is 0.184 e. The first-order chi connectivity index (χ1) is 5.76. The van der Waals surface area contributed by atoms with Crippen molar-refractivity contribution in [3.8, 4) is 0 Å². The van der Waals surface area contributed by atoms with E-state index in [2.05, 4.69) is 26.6 Å². The fourth-order valence-electron chi connectivity index (χ4n) is 2.16. The Morgan fingerprint density at radius 2 is 1.31 bits per heavy atom. The quantitative estimate of drug-likeness (QED) is 0.586. The average Bonchev–Trinajstić information content (AvgIpc) is 2.14. The molecule has 0 aromatic heterocycles. The first kappa shape index (κ1) is 10.4. The normalized spacial score (nSPS) is 19.1. The van der Waals surface area contributed by atoms with Gasteiger partial charge in [0.2, 0.25) is 0 Å².